The molecule has 2 nitrogen and oxygen atoms in total. The fourth-order valence-electron chi connectivity index (χ4n) is 0.195. The third-order valence-corrected chi connectivity index (χ3v) is 0.580. The molecule has 1 N–H and O–H groups in total. The quantitative estimate of drug-likeness (QED) is 0.337. The lowest BCUT2D eigenvalue weighted by atomic mass is 10.5. The molecule has 0 aliphatic rings. The third-order valence-electron chi connectivity index (χ3n) is 0.484. The Morgan fingerprint density at radius 2 is 2.57 bits per heavy atom. The highest BCUT2D eigenvalue weighted by atomic mass is 32.1. The molecule has 3 heteroatoms. The Balaban J connectivity index is 2.56. The molecular formula is C4H9NOS. The lowest BCUT2D eigenvalue weighted by Gasteiger charge is -1.95. The van der Waals surface area contributed by atoms with Crippen LogP contribution < -0.4 is 5.48 Å². The maximum atomic E-state index is 4.51. The van der Waals surface area contributed by atoms with Gasteiger partial charge in [-0.3, -0.25) is 0 Å². The van der Waals surface area contributed by atoms with E-state index < -0.39 is 0 Å². The van der Waals surface area contributed by atoms with Crippen molar-refractivity contribution in [2.24, 2.45) is 0 Å². The second-order valence-corrected chi connectivity index (χ2v) is 1.30. The van der Waals surface area contributed by atoms with E-state index in [9.17, 15) is 0 Å². The van der Waals surface area contributed by atoms with Crippen molar-refractivity contribution in [1.82, 2.24) is 5.48 Å². The number of hydrogen-bond acceptors (Lipinski definition) is 3. The van der Waals surface area contributed by atoms with E-state index in [4.69, 9.17) is 0 Å². The van der Waals surface area contributed by atoms with Crippen LogP contribution in [0.3, 0.4) is 0 Å². The Morgan fingerprint density at radius 3 is 3.00 bits per heavy atom. The summed E-state index contributed by atoms with van der Waals surface area (Å²) in [5.74, 6) is 0. The van der Waals surface area contributed by atoms with Crippen LogP contribution in [0.5, 0.6) is 0 Å². The van der Waals surface area contributed by atoms with E-state index >= 15 is 0 Å². The van der Waals surface area contributed by atoms with Gasteiger partial charge in [-0.05, 0) is 18.6 Å². The molecule has 0 saturated carbocycles. The molecule has 0 aliphatic carbocycles. The van der Waals surface area contributed by atoms with Crippen LogP contribution in [0.15, 0.2) is 0 Å². The summed E-state index contributed by atoms with van der Waals surface area (Å²) in [5, 5.41) is 0. The van der Waals surface area contributed by atoms with E-state index in [1.807, 2.05) is 0 Å². The summed E-state index contributed by atoms with van der Waals surface area (Å²) in [6.07, 6.45) is 1.06. The fourth-order valence-corrected chi connectivity index (χ4v) is 0.263. The SMILES string of the molecule is CCCNOC=S. The minimum absolute atomic E-state index is 0.854. The van der Waals surface area contributed by atoms with Gasteiger partial charge < -0.3 is 4.84 Å². The molecule has 0 bridgehead atoms. The van der Waals surface area contributed by atoms with Crippen LogP contribution in [-0.2, 0) is 4.84 Å². The molecule has 0 aromatic rings. The van der Waals surface area contributed by atoms with E-state index in [-0.39, 0.29) is 0 Å². The monoisotopic (exact) mass is 119 g/mol. The van der Waals surface area contributed by atoms with Gasteiger partial charge in [0.05, 0.1) is 0 Å². The molecule has 0 aromatic heterocycles. The number of nitrogens with one attached hydrogen (secondary N) is 1. The molecular weight excluding hydrogens is 110 g/mol. The molecule has 0 aromatic carbocycles. The average Bonchev–Trinajstić information content (AvgIpc) is 1.69. The van der Waals surface area contributed by atoms with Crippen molar-refractivity contribution in [3.8, 4) is 0 Å². The van der Waals surface area contributed by atoms with Crippen molar-refractivity contribution in [3.05, 3.63) is 0 Å². The first kappa shape index (κ1) is 6.85. The Labute approximate surface area is 48.8 Å². The van der Waals surface area contributed by atoms with Crippen LogP contribution >= 0.6 is 12.2 Å². The van der Waals surface area contributed by atoms with Crippen molar-refractivity contribution in [1.29, 1.82) is 0 Å². The molecule has 0 saturated heterocycles. The van der Waals surface area contributed by atoms with Gasteiger partial charge in [-0.25, -0.2) is 0 Å². The fraction of sp³-hybridized carbons (Fsp3) is 0.750. The van der Waals surface area contributed by atoms with Crippen molar-refractivity contribution in [3.63, 3.8) is 0 Å². The van der Waals surface area contributed by atoms with Crippen LogP contribution in [0.25, 0.3) is 0 Å². The van der Waals surface area contributed by atoms with Gasteiger partial charge in [0.15, 0.2) is 5.55 Å². The summed E-state index contributed by atoms with van der Waals surface area (Å²) in [6.45, 7) is 2.91. The second-order valence-electron chi connectivity index (χ2n) is 1.11. The lowest BCUT2D eigenvalue weighted by molar-refractivity contribution is 0.199. The summed E-state index contributed by atoms with van der Waals surface area (Å²) < 4.78 is 0. The highest BCUT2D eigenvalue weighted by molar-refractivity contribution is 7.78. The first-order valence-corrected chi connectivity index (χ1v) is 2.71. The van der Waals surface area contributed by atoms with Gasteiger partial charge in [0, 0.05) is 6.54 Å². The Bertz CT molecular complexity index is 49.0. The Kier molecular flexibility index (Phi) is 5.72. The van der Waals surface area contributed by atoms with Gasteiger partial charge in [0.1, 0.15) is 0 Å². The van der Waals surface area contributed by atoms with Crippen LogP contribution in [0, 0.1) is 0 Å². The van der Waals surface area contributed by atoms with Crippen LogP contribution in [0.4, 0.5) is 0 Å². The predicted molar refractivity (Wildman–Crippen MR) is 33.0 cm³/mol. The van der Waals surface area contributed by atoms with E-state index in [1.54, 1.807) is 0 Å². The average molecular weight is 119 g/mol. The summed E-state index contributed by atoms with van der Waals surface area (Å²) in [4.78, 5) is 4.51. The normalized spacial score (nSPS) is 8.14. The molecule has 0 fully saturated rings. The minimum Gasteiger partial charge on any atom is -0.405 e. The zero-order valence-electron chi connectivity index (χ0n) is 4.31. The van der Waals surface area contributed by atoms with Gasteiger partial charge in [0.25, 0.3) is 0 Å². The Morgan fingerprint density at radius 1 is 1.86 bits per heavy atom. The molecule has 0 heterocycles. The summed E-state index contributed by atoms with van der Waals surface area (Å²) >= 11 is 4.36. The van der Waals surface area contributed by atoms with Gasteiger partial charge in [-0.1, -0.05) is 6.92 Å². The van der Waals surface area contributed by atoms with Crippen molar-refractivity contribution >= 4 is 17.8 Å². The standard InChI is InChI=1S/C4H9NOS/c1-2-3-5-6-4-7/h4-5H,2-3H2,1H3. The zero-order chi connectivity index (χ0) is 5.54. The third kappa shape index (κ3) is 5.85. The highest BCUT2D eigenvalue weighted by Crippen LogP contribution is 1.67. The maximum absolute atomic E-state index is 4.51. The van der Waals surface area contributed by atoms with Gasteiger partial charge >= 0.3 is 0 Å². The highest BCUT2D eigenvalue weighted by Gasteiger charge is 1.73. The predicted octanol–water partition coefficient (Wildman–Crippen LogP) is 0.875. The van der Waals surface area contributed by atoms with Crippen molar-refractivity contribution < 1.29 is 4.84 Å². The van der Waals surface area contributed by atoms with Gasteiger partial charge in [0.2, 0.25) is 0 Å². The zero-order valence-corrected chi connectivity index (χ0v) is 5.12. The van der Waals surface area contributed by atoms with Crippen LogP contribution in [0.2, 0.25) is 0 Å². The molecule has 42 valence electrons. The first-order chi connectivity index (χ1) is 3.41. The van der Waals surface area contributed by atoms with Gasteiger partial charge in [-0.2, -0.15) is 5.48 Å². The van der Waals surface area contributed by atoms with Crippen molar-refractivity contribution in [2.45, 2.75) is 13.3 Å². The van der Waals surface area contributed by atoms with E-state index in [2.05, 4.69) is 29.5 Å². The van der Waals surface area contributed by atoms with Gasteiger partial charge in [-0.15, -0.1) is 0 Å². The van der Waals surface area contributed by atoms with E-state index in [0.29, 0.717) is 0 Å². The smallest absolute Gasteiger partial charge is 0.174 e. The molecule has 0 rings (SSSR count). The number of hydroxylamine groups is 1. The van der Waals surface area contributed by atoms with Crippen LogP contribution in [-0.4, -0.2) is 12.1 Å². The molecule has 0 atom stereocenters. The van der Waals surface area contributed by atoms with Crippen molar-refractivity contribution in [2.75, 3.05) is 6.54 Å². The summed E-state index contributed by atoms with van der Waals surface area (Å²) in [6, 6.07) is 0. The van der Waals surface area contributed by atoms with E-state index in [0.717, 1.165) is 13.0 Å². The van der Waals surface area contributed by atoms with Crippen LogP contribution in [0.1, 0.15) is 13.3 Å². The maximum Gasteiger partial charge on any atom is 0.174 e. The van der Waals surface area contributed by atoms with E-state index in [1.165, 1.54) is 5.55 Å². The molecule has 0 amide bonds. The Hall–Kier alpha value is -0.150. The molecule has 0 radical (unpaired) electrons. The largest absolute Gasteiger partial charge is 0.405 e. The topological polar surface area (TPSA) is 21.3 Å². The number of thiocarbonyl (C=S) groups is 1. The number of rotatable bonds is 4. The summed E-state index contributed by atoms with van der Waals surface area (Å²) in [5.41, 5.74) is 3.83. The number of hydrogen-bond donors (Lipinski definition) is 1. The molecule has 0 spiro atoms. The first-order valence-electron chi connectivity index (χ1n) is 2.24. The molecule has 0 unspecified atom stereocenters. The molecule has 0 aliphatic heterocycles. The second kappa shape index (κ2) is 5.85. The molecule has 7 heavy (non-hydrogen) atoms. The minimum atomic E-state index is 0.854. The summed E-state index contributed by atoms with van der Waals surface area (Å²) in [7, 11) is 0. The lowest BCUT2D eigenvalue weighted by Crippen LogP contribution is -2.12.